The molecule has 0 saturated heterocycles. The molecule has 3 amide bonds. The van der Waals surface area contributed by atoms with Crippen LogP contribution in [-0.4, -0.2) is 36.0 Å². The lowest BCUT2D eigenvalue weighted by molar-refractivity contribution is -0.143. The molecule has 0 radical (unpaired) electrons. The molecule has 0 aromatic heterocycles. The highest BCUT2D eigenvalue weighted by atomic mass is 16.5. The molecule has 7 heteroatoms. The fourth-order valence-electron chi connectivity index (χ4n) is 3.54. The quantitative estimate of drug-likeness (QED) is 0.387. The van der Waals surface area contributed by atoms with Gasteiger partial charge in [0.15, 0.2) is 0 Å². The number of nitrogens with one attached hydrogen (secondary N) is 3. The van der Waals surface area contributed by atoms with Crippen molar-refractivity contribution in [2.45, 2.75) is 45.6 Å². The largest absolute Gasteiger partial charge is 0.357 e. The molecule has 2 atom stereocenters. The van der Waals surface area contributed by atoms with Crippen LogP contribution in [0.5, 0.6) is 0 Å². The standard InChI is InChI=1S/C20H29N3O4/c1-13(2)11-15(20(9-10-20)19(26)23-27)17(24)22-16(18(25)21-3)12-14-7-5-4-6-8-14/h4-8,13,15-16,27H,9-12H2,1-3H3,(H,21,25)(H,22,24)(H,23,26)/t15-,16-/m0/s1. The van der Waals surface area contributed by atoms with Gasteiger partial charge in [0, 0.05) is 13.5 Å². The second-order valence-electron chi connectivity index (χ2n) is 7.64. The first-order valence-corrected chi connectivity index (χ1v) is 9.34. The molecule has 1 fully saturated rings. The minimum Gasteiger partial charge on any atom is -0.357 e. The molecule has 27 heavy (non-hydrogen) atoms. The Balaban J connectivity index is 2.19. The van der Waals surface area contributed by atoms with Crippen molar-refractivity contribution in [1.29, 1.82) is 0 Å². The second-order valence-corrected chi connectivity index (χ2v) is 7.64. The average Bonchev–Trinajstić information content (AvgIpc) is 3.46. The van der Waals surface area contributed by atoms with Gasteiger partial charge in [-0.2, -0.15) is 0 Å². The molecule has 1 aromatic rings. The highest BCUT2D eigenvalue weighted by Crippen LogP contribution is 2.54. The lowest BCUT2D eigenvalue weighted by Gasteiger charge is -2.28. The molecule has 4 N–H and O–H groups in total. The predicted octanol–water partition coefficient (Wildman–Crippen LogP) is 1.41. The van der Waals surface area contributed by atoms with Gasteiger partial charge in [0.2, 0.25) is 17.7 Å². The van der Waals surface area contributed by atoms with E-state index in [4.69, 9.17) is 5.21 Å². The molecule has 0 bridgehead atoms. The van der Waals surface area contributed by atoms with Gasteiger partial charge in [-0.3, -0.25) is 19.6 Å². The van der Waals surface area contributed by atoms with Crippen molar-refractivity contribution in [1.82, 2.24) is 16.1 Å². The number of carbonyl (C=O) groups excluding carboxylic acids is 3. The summed E-state index contributed by atoms with van der Waals surface area (Å²) in [5, 5.41) is 14.5. The fourth-order valence-corrected chi connectivity index (χ4v) is 3.54. The van der Waals surface area contributed by atoms with Crippen molar-refractivity contribution < 1.29 is 19.6 Å². The van der Waals surface area contributed by atoms with Gasteiger partial charge in [0.25, 0.3) is 0 Å². The van der Waals surface area contributed by atoms with E-state index in [2.05, 4.69) is 10.6 Å². The van der Waals surface area contributed by atoms with Crippen LogP contribution < -0.4 is 16.1 Å². The highest BCUT2D eigenvalue weighted by Gasteiger charge is 2.58. The number of amides is 3. The molecule has 1 aromatic carbocycles. The summed E-state index contributed by atoms with van der Waals surface area (Å²) in [5.41, 5.74) is 1.75. The highest BCUT2D eigenvalue weighted by molar-refractivity contribution is 5.94. The van der Waals surface area contributed by atoms with Crippen LogP contribution in [0.1, 0.15) is 38.7 Å². The van der Waals surface area contributed by atoms with Crippen LogP contribution in [0.25, 0.3) is 0 Å². The number of carbonyl (C=O) groups is 3. The first kappa shape index (κ1) is 20.9. The first-order chi connectivity index (χ1) is 12.8. The van der Waals surface area contributed by atoms with Gasteiger partial charge in [-0.05, 0) is 30.7 Å². The van der Waals surface area contributed by atoms with E-state index in [-0.39, 0.29) is 17.7 Å². The van der Waals surface area contributed by atoms with Gasteiger partial charge in [-0.25, -0.2) is 5.48 Å². The van der Waals surface area contributed by atoms with Gasteiger partial charge in [-0.15, -0.1) is 0 Å². The zero-order valence-corrected chi connectivity index (χ0v) is 16.1. The fraction of sp³-hybridized carbons (Fsp3) is 0.550. The molecule has 1 saturated carbocycles. The Labute approximate surface area is 159 Å². The third-order valence-electron chi connectivity index (χ3n) is 5.20. The minimum atomic E-state index is -0.886. The van der Waals surface area contributed by atoms with E-state index in [9.17, 15) is 14.4 Å². The molecular weight excluding hydrogens is 346 g/mol. The first-order valence-electron chi connectivity index (χ1n) is 9.34. The summed E-state index contributed by atoms with van der Waals surface area (Å²) in [6, 6.07) is 8.71. The van der Waals surface area contributed by atoms with E-state index in [1.165, 1.54) is 7.05 Å². The van der Waals surface area contributed by atoms with E-state index >= 15 is 0 Å². The van der Waals surface area contributed by atoms with Crippen LogP contribution in [0.15, 0.2) is 30.3 Å². The van der Waals surface area contributed by atoms with Gasteiger partial charge < -0.3 is 10.6 Å². The SMILES string of the molecule is CNC(=O)[C@H](Cc1ccccc1)NC(=O)[C@H](CC(C)C)C1(C(=O)NO)CC1. The van der Waals surface area contributed by atoms with E-state index < -0.39 is 23.3 Å². The summed E-state index contributed by atoms with van der Waals surface area (Å²) in [7, 11) is 1.53. The van der Waals surface area contributed by atoms with Crippen molar-refractivity contribution in [2.24, 2.45) is 17.3 Å². The predicted molar refractivity (Wildman–Crippen MR) is 101 cm³/mol. The second kappa shape index (κ2) is 8.99. The zero-order chi connectivity index (χ0) is 20.0. The third-order valence-corrected chi connectivity index (χ3v) is 5.20. The normalized spacial score (nSPS) is 16.9. The smallest absolute Gasteiger partial charge is 0.250 e. The monoisotopic (exact) mass is 375 g/mol. The van der Waals surface area contributed by atoms with Crippen LogP contribution in [0.2, 0.25) is 0 Å². The van der Waals surface area contributed by atoms with Crippen molar-refractivity contribution >= 4 is 17.7 Å². The topological polar surface area (TPSA) is 108 Å². The van der Waals surface area contributed by atoms with E-state index in [1.54, 1.807) is 5.48 Å². The summed E-state index contributed by atoms with van der Waals surface area (Å²) < 4.78 is 0. The molecule has 0 heterocycles. The van der Waals surface area contributed by atoms with Gasteiger partial charge >= 0.3 is 0 Å². The summed E-state index contributed by atoms with van der Waals surface area (Å²) in [6.45, 7) is 3.96. The van der Waals surface area contributed by atoms with Crippen LogP contribution >= 0.6 is 0 Å². The van der Waals surface area contributed by atoms with Gasteiger partial charge in [0.05, 0.1) is 11.3 Å². The van der Waals surface area contributed by atoms with Gasteiger partial charge in [0.1, 0.15) is 6.04 Å². The zero-order valence-electron chi connectivity index (χ0n) is 16.1. The molecule has 0 aliphatic heterocycles. The Kier molecular flexibility index (Phi) is 6.96. The molecule has 0 unspecified atom stereocenters. The van der Waals surface area contributed by atoms with Crippen molar-refractivity contribution in [3.05, 3.63) is 35.9 Å². The Morgan fingerprint density at radius 1 is 1.11 bits per heavy atom. The number of hydrogen-bond donors (Lipinski definition) is 4. The maximum atomic E-state index is 13.1. The molecule has 148 valence electrons. The Hall–Kier alpha value is -2.41. The third kappa shape index (κ3) is 5.07. The number of hydroxylamine groups is 1. The summed E-state index contributed by atoms with van der Waals surface area (Å²) in [5.74, 6) is -1.53. The lowest BCUT2D eigenvalue weighted by Crippen LogP contribution is -2.51. The van der Waals surface area contributed by atoms with E-state index in [1.807, 2.05) is 44.2 Å². The molecule has 1 aliphatic carbocycles. The minimum absolute atomic E-state index is 0.192. The maximum Gasteiger partial charge on any atom is 0.250 e. The average molecular weight is 375 g/mol. The Morgan fingerprint density at radius 3 is 2.22 bits per heavy atom. The number of likely N-dealkylation sites (N-methyl/N-ethyl adjacent to an activating group) is 1. The number of hydrogen-bond acceptors (Lipinski definition) is 4. The van der Waals surface area contributed by atoms with Crippen LogP contribution in [0, 0.1) is 17.3 Å². The molecule has 0 spiro atoms. The molecule has 7 nitrogen and oxygen atoms in total. The molecule has 2 rings (SSSR count). The Bertz CT molecular complexity index is 671. The lowest BCUT2D eigenvalue weighted by atomic mass is 9.81. The molecular formula is C20H29N3O4. The van der Waals surface area contributed by atoms with E-state index in [0.29, 0.717) is 25.7 Å². The van der Waals surface area contributed by atoms with Gasteiger partial charge in [-0.1, -0.05) is 44.2 Å². The Morgan fingerprint density at radius 2 is 1.74 bits per heavy atom. The van der Waals surface area contributed by atoms with Crippen LogP contribution in [-0.2, 0) is 20.8 Å². The summed E-state index contributed by atoms with van der Waals surface area (Å²) in [4.78, 5) is 37.5. The maximum absolute atomic E-state index is 13.1. The van der Waals surface area contributed by atoms with E-state index in [0.717, 1.165) is 5.56 Å². The van der Waals surface area contributed by atoms with Crippen LogP contribution in [0.3, 0.4) is 0 Å². The number of rotatable bonds is 9. The summed E-state index contributed by atoms with van der Waals surface area (Å²) in [6.07, 6.45) is 1.96. The van der Waals surface area contributed by atoms with Crippen molar-refractivity contribution in [2.75, 3.05) is 7.05 Å². The van der Waals surface area contributed by atoms with Crippen molar-refractivity contribution in [3.63, 3.8) is 0 Å². The molecule has 1 aliphatic rings. The van der Waals surface area contributed by atoms with Crippen LogP contribution in [0.4, 0.5) is 0 Å². The van der Waals surface area contributed by atoms with Crippen molar-refractivity contribution in [3.8, 4) is 0 Å². The summed E-state index contributed by atoms with van der Waals surface area (Å²) >= 11 is 0. The number of benzene rings is 1.